The first kappa shape index (κ1) is 28.3. The SMILES string of the molecule is COC(=O)c1ccc2c(c1)N(C[C@@H]1CC[C@H]1[C@@H](OC)[C@H]1CCC[C@H](O)C1)CCCCc1cc(Cl)ccc1CO2. The zero-order valence-electron chi connectivity index (χ0n) is 23.2. The number of anilines is 1. The maximum atomic E-state index is 12.5. The molecule has 0 saturated heterocycles. The number of rotatable bonds is 6. The van der Waals surface area contributed by atoms with Crippen LogP contribution in [0.4, 0.5) is 5.69 Å². The number of hydrogen-bond donors (Lipinski definition) is 1. The van der Waals surface area contributed by atoms with Gasteiger partial charge in [-0.25, -0.2) is 4.79 Å². The third-order valence-electron chi connectivity index (χ3n) is 9.17. The van der Waals surface area contributed by atoms with Gasteiger partial charge in [-0.15, -0.1) is 0 Å². The molecule has 39 heavy (non-hydrogen) atoms. The Bertz CT molecular complexity index is 1140. The van der Waals surface area contributed by atoms with Crippen LogP contribution < -0.4 is 9.64 Å². The lowest BCUT2D eigenvalue weighted by molar-refractivity contribution is -0.0721. The molecule has 0 amide bonds. The van der Waals surface area contributed by atoms with Crippen molar-refractivity contribution in [3.63, 3.8) is 0 Å². The highest BCUT2D eigenvalue weighted by Crippen LogP contribution is 2.45. The molecule has 1 aliphatic heterocycles. The predicted molar refractivity (Wildman–Crippen MR) is 154 cm³/mol. The topological polar surface area (TPSA) is 68.2 Å². The number of aliphatic hydroxyl groups is 1. The minimum absolute atomic E-state index is 0.180. The molecule has 2 aliphatic carbocycles. The summed E-state index contributed by atoms with van der Waals surface area (Å²) in [6.45, 7) is 2.21. The van der Waals surface area contributed by atoms with Crippen LogP contribution in [0.1, 0.15) is 72.9 Å². The van der Waals surface area contributed by atoms with Crippen molar-refractivity contribution in [3.05, 3.63) is 58.1 Å². The Kier molecular flexibility index (Phi) is 9.36. The molecule has 6 nitrogen and oxygen atoms in total. The molecule has 0 spiro atoms. The number of esters is 1. The third-order valence-corrected chi connectivity index (χ3v) is 9.41. The highest BCUT2D eigenvalue weighted by atomic mass is 35.5. The van der Waals surface area contributed by atoms with Gasteiger partial charge in [0.25, 0.3) is 0 Å². The normalized spacial score (nSPS) is 26.2. The minimum Gasteiger partial charge on any atom is -0.487 e. The van der Waals surface area contributed by atoms with Gasteiger partial charge in [0.15, 0.2) is 0 Å². The van der Waals surface area contributed by atoms with Gasteiger partial charge in [0.2, 0.25) is 0 Å². The van der Waals surface area contributed by atoms with Gasteiger partial charge in [0.05, 0.1) is 30.6 Å². The van der Waals surface area contributed by atoms with E-state index >= 15 is 0 Å². The van der Waals surface area contributed by atoms with Crippen LogP contribution in [0.25, 0.3) is 0 Å². The number of methoxy groups -OCH3 is 2. The Morgan fingerprint density at radius 2 is 1.95 bits per heavy atom. The molecule has 5 rings (SSSR count). The van der Waals surface area contributed by atoms with Gasteiger partial charge in [-0.3, -0.25) is 0 Å². The highest BCUT2D eigenvalue weighted by molar-refractivity contribution is 6.30. The summed E-state index contributed by atoms with van der Waals surface area (Å²) >= 11 is 6.32. The van der Waals surface area contributed by atoms with Gasteiger partial charge in [0.1, 0.15) is 12.4 Å². The molecule has 2 aromatic rings. The molecule has 0 aromatic heterocycles. The van der Waals surface area contributed by atoms with Crippen molar-refractivity contribution in [2.75, 3.05) is 32.2 Å². The maximum Gasteiger partial charge on any atom is 0.337 e. The number of nitrogens with zero attached hydrogens (tertiary/aromatic N) is 1. The first-order chi connectivity index (χ1) is 19.0. The molecule has 1 heterocycles. The number of fused-ring (bicyclic) bond motifs is 2. The molecule has 3 aliphatic rings. The van der Waals surface area contributed by atoms with Crippen molar-refractivity contribution in [1.82, 2.24) is 0 Å². The molecule has 0 radical (unpaired) electrons. The van der Waals surface area contributed by atoms with E-state index in [2.05, 4.69) is 17.0 Å². The maximum absolute atomic E-state index is 12.5. The fourth-order valence-corrected chi connectivity index (χ4v) is 7.13. The van der Waals surface area contributed by atoms with E-state index in [0.717, 1.165) is 92.9 Å². The number of aryl methyl sites for hydroxylation is 1. The number of carbonyl (C=O) groups is 1. The summed E-state index contributed by atoms with van der Waals surface area (Å²) in [5, 5.41) is 11.1. The van der Waals surface area contributed by atoms with Crippen LogP contribution in [0.2, 0.25) is 5.02 Å². The van der Waals surface area contributed by atoms with Crippen molar-refractivity contribution >= 4 is 23.3 Å². The molecule has 212 valence electrons. The lowest BCUT2D eigenvalue weighted by atomic mass is 9.65. The summed E-state index contributed by atoms with van der Waals surface area (Å²) in [5.74, 6) is 1.82. The minimum atomic E-state index is -0.344. The second-order valence-corrected chi connectivity index (χ2v) is 12.0. The molecule has 2 aromatic carbocycles. The van der Waals surface area contributed by atoms with Crippen LogP contribution in [0, 0.1) is 17.8 Å². The molecule has 5 atom stereocenters. The van der Waals surface area contributed by atoms with E-state index < -0.39 is 0 Å². The van der Waals surface area contributed by atoms with Gasteiger partial charge < -0.3 is 24.2 Å². The van der Waals surface area contributed by atoms with E-state index in [9.17, 15) is 9.90 Å². The summed E-state index contributed by atoms with van der Waals surface area (Å²) in [6, 6.07) is 11.7. The van der Waals surface area contributed by atoms with Crippen LogP contribution in [0.15, 0.2) is 36.4 Å². The quantitative estimate of drug-likeness (QED) is 0.414. The molecule has 2 fully saturated rings. The van der Waals surface area contributed by atoms with Crippen LogP contribution >= 0.6 is 11.6 Å². The molecular formula is C32H42ClNO5. The molecule has 0 unspecified atom stereocenters. The second-order valence-electron chi connectivity index (χ2n) is 11.6. The summed E-state index contributed by atoms with van der Waals surface area (Å²) < 4.78 is 17.6. The van der Waals surface area contributed by atoms with Crippen LogP contribution in [0.5, 0.6) is 5.75 Å². The van der Waals surface area contributed by atoms with Gasteiger partial charge >= 0.3 is 5.97 Å². The van der Waals surface area contributed by atoms with Crippen molar-refractivity contribution in [1.29, 1.82) is 0 Å². The van der Waals surface area contributed by atoms with Crippen LogP contribution in [-0.4, -0.2) is 50.6 Å². The third kappa shape index (κ3) is 6.55. The first-order valence-electron chi connectivity index (χ1n) is 14.5. The number of ether oxygens (including phenoxy) is 3. The summed E-state index contributed by atoms with van der Waals surface area (Å²) in [7, 11) is 3.25. The Hall–Kier alpha value is -2.28. The number of benzene rings is 2. The lowest BCUT2D eigenvalue weighted by Gasteiger charge is -2.47. The first-order valence-corrected chi connectivity index (χ1v) is 14.9. The van der Waals surface area contributed by atoms with Crippen molar-refractivity contribution in [3.8, 4) is 5.75 Å². The number of halogens is 1. The second kappa shape index (κ2) is 12.9. The number of aliphatic hydroxyl groups excluding tert-OH is 1. The van der Waals surface area contributed by atoms with E-state index in [1.54, 1.807) is 6.07 Å². The van der Waals surface area contributed by atoms with Crippen LogP contribution in [-0.2, 0) is 22.5 Å². The average Bonchev–Trinajstić information content (AvgIpc) is 2.96. The molecule has 0 bridgehead atoms. The van der Waals surface area contributed by atoms with E-state index in [1.165, 1.54) is 12.7 Å². The average molecular weight is 556 g/mol. The monoisotopic (exact) mass is 555 g/mol. The molecule has 7 heteroatoms. The Labute approximate surface area is 237 Å². The Morgan fingerprint density at radius 3 is 2.69 bits per heavy atom. The van der Waals surface area contributed by atoms with Gasteiger partial charge in [0, 0.05) is 25.2 Å². The largest absolute Gasteiger partial charge is 0.487 e. The summed E-state index contributed by atoms with van der Waals surface area (Å²) in [5.41, 5.74) is 3.86. The van der Waals surface area contributed by atoms with Crippen LogP contribution in [0.3, 0.4) is 0 Å². The lowest BCUT2D eigenvalue weighted by Crippen LogP contribution is -2.47. The smallest absolute Gasteiger partial charge is 0.337 e. The fourth-order valence-electron chi connectivity index (χ4n) is 6.94. The summed E-state index contributed by atoms with van der Waals surface area (Å²) in [4.78, 5) is 14.9. The van der Waals surface area contributed by atoms with Gasteiger partial charge in [-0.1, -0.05) is 24.1 Å². The van der Waals surface area contributed by atoms with Crippen molar-refractivity contribution < 1.29 is 24.1 Å². The van der Waals surface area contributed by atoms with E-state index in [0.29, 0.717) is 29.9 Å². The standard InChI is InChI=1S/C32H42ClNO5/c1-37-31(22-7-5-8-27(35)17-22)28-13-10-24(28)19-34-15-4-3-6-21-16-26(33)12-9-25(21)20-39-30-14-11-23(18-29(30)34)32(36)38-2/h9,11-12,14,16,18,22,24,27-28,31,35H,3-8,10,13,15,17,19-20H2,1-2H3/t22-,24-,27-,28+,31-/m0/s1. The highest BCUT2D eigenvalue weighted by Gasteiger charge is 2.42. The van der Waals surface area contributed by atoms with Crippen molar-refractivity contribution in [2.45, 2.75) is 76.6 Å². The number of carbonyl (C=O) groups excluding carboxylic acids is 1. The zero-order valence-corrected chi connectivity index (χ0v) is 24.0. The van der Waals surface area contributed by atoms with E-state index in [4.69, 9.17) is 25.8 Å². The molecule has 1 N–H and O–H groups in total. The van der Waals surface area contributed by atoms with E-state index in [1.807, 2.05) is 25.3 Å². The zero-order chi connectivity index (χ0) is 27.4. The summed E-state index contributed by atoms with van der Waals surface area (Å²) in [6.07, 6.45) is 9.27. The number of hydrogen-bond acceptors (Lipinski definition) is 6. The van der Waals surface area contributed by atoms with Crippen molar-refractivity contribution in [2.24, 2.45) is 17.8 Å². The molecule has 2 saturated carbocycles. The predicted octanol–water partition coefficient (Wildman–Crippen LogP) is 6.44. The van der Waals surface area contributed by atoms with E-state index in [-0.39, 0.29) is 18.2 Å². The Balaban J connectivity index is 1.40. The Morgan fingerprint density at radius 1 is 1.08 bits per heavy atom. The molecular weight excluding hydrogens is 514 g/mol. The van der Waals surface area contributed by atoms with Gasteiger partial charge in [-0.2, -0.15) is 0 Å². The van der Waals surface area contributed by atoms with Gasteiger partial charge in [-0.05, 0) is 111 Å². The fraction of sp³-hybridized carbons (Fsp3) is 0.594.